The Bertz CT molecular complexity index is 399. The molecule has 0 bridgehead atoms. The standard InChI is InChI=1S/C15H21NO3/c17-14(15(18)8-4-5-9-15)16-10-11-19-12-13-6-2-1-3-7-13/h1-3,6-7,18H,4-5,8-12H2,(H,16,17). The van der Waals surface area contributed by atoms with Crippen molar-refractivity contribution in [2.75, 3.05) is 13.2 Å². The molecular weight excluding hydrogens is 242 g/mol. The van der Waals surface area contributed by atoms with Crippen molar-refractivity contribution in [2.45, 2.75) is 37.9 Å². The zero-order valence-corrected chi connectivity index (χ0v) is 11.1. The van der Waals surface area contributed by atoms with Crippen molar-refractivity contribution in [3.8, 4) is 0 Å². The van der Waals surface area contributed by atoms with Gasteiger partial charge in [0, 0.05) is 6.54 Å². The SMILES string of the molecule is O=C(NCCOCc1ccccc1)C1(O)CCCC1. The normalized spacial score (nSPS) is 17.3. The first-order valence-electron chi connectivity index (χ1n) is 6.83. The molecule has 1 amide bonds. The van der Waals surface area contributed by atoms with Crippen LogP contribution in [0.3, 0.4) is 0 Å². The third-order valence-corrected chi connectivity index (χ3v) is 3.50. The predicted molar refractivity (Wildman–Crippen MR) is 72.5 cm³/mol. The quantitative estimate of drug-likeness (QED) is 0.767. The predicted octanol–water partition coefficient (Wildman–Crippen LogP) is 1.62. The van der Waals surface area contributed by atoms with E-state index in [9.17, 15) is 9.90 Å². The lowest BCUT2D eigenvalue weighted by atomic mass is 10.0. The maximum Gasteiger partial charge on any atom is 0.252 e. The van der Waals surface area contributed by atoms with E-state index in [0.29, 0.717) is 32.6 Å². The van der Waals surface area contributed by atoms with E-state index in [2.05, 4.69) is 5.32 Å². The lowest BCUT2D eigenvalue weighted by Crippen LogP contribution is -2.45. The van der Waals surface area contributed by atoms with Gasteiger partial charge in [-0.1, -0.05) is 30.3 Å². The molecule has 1 fully saturated rings. The van der Waals surface area contributed by atoms with Crippen molar-refractivity contribution in [2.24, 2.45) is 0 Å². The number of aliphatic hydroxyl groups is 1. The number of carbonyl (C=O) groups excluding carboxylic acids is 1. The van der Waals surface area contributed by atoms with E-state index in [4.69, 9.17) is 4.74 Å². The summed E-state index contributed by atoms with van der Waals surface area (Å²) in [5.74, 6) is -0.256. The fourth-order valence-corrected chi connectivity index (χ4v) is 2.35. The van der Waals surface area contributed by atoms with Crippen molar-refractivity contribution in [1.82, 2.24) is 5.32 Å². The molecule has 1 aliphatic carbocycles. The molecule has 0 saturated heterocycles. The van der Waals surface area contributed by atoms with Gasteiger partial charge < -0.3 is 15.2 Å². The number of hydrogen-bond acceptors (Lipinski definition) is 3. The van der Waals surface area contributed by atoms with Gasteiger partial charge in [-0.05, 0) is 31.2 Å². The molecule has 0 spiro atoms. The van der Waals surface area contributed by atoms with Gasteiger partial charge in [-0.3, -0.25) is 4.79 Å². The number of benzene rings is 1. The first-order chi connectivity index (χ1) is 9.21. The van der Waals surface area contributed by atoms with Crippen LogP contribution in [0.4, 0.5) is 0 Å². The minimum absolute atomic E-state index is 0.256. The average molecular weight is 263 g/mol. The van der Waals surface area contributed by atoms with E-state index in [-0.39, 0.29) is 5.91 Å². The summed E-state index contributed by atoms with van der Waals surface area (Å²) in [5.41, 5.74) is -0.0253. The molecule has 4 nitrogen and oxygen atoms in total. The Morgan fingerprint density at radius 2 is 1.95 bits per heavy atom. The summed E-state index contributed by atoms with van der Waals surface area (Å²) in [5, 5.41) is 12.8. The summed E-state index contributed by atoms with van der Waals surface area (Å²) in [7, 11) is 0. The molecule has 0 heterocycles. The van der Waals surface area contributed by atoms with Gasteiger partial charge >= 0.3 is 0 Å². The van der Waals surface area contributed by atoms with Crippen LogP contribution in [-0.2, 0) is 16.1 Å². The Hall–Kier alpha value is -1.39. The van der Waals surface area contributed by atoms with E-state index in [1.807, 2.05) is 30.3 Å². The van der Waals surface area contributed by atoms with Crippen LogP contribution in [0.15, 0.2) is 30.3 Å². The molecule has 1 aliphatic rings. The summed E-state index contributed by atoms with van der Waals surface area (Å²) in [6.07, 6.45) is 3.00. The van der Waals surface area contributed by atoms with Crippen molar-refractivity contribution < 1.29 is 14.6 Å². The van der Waals surface area contributed by atoms with E-state index in [1.165, 1.54) is 0 Å². The monoisotopic (exact) mass is 263 g/mol. The highest BCUT2D eigenvalue weighted by molar-refractivity contribution is 5.85. The summed E-state index contributed by atoms with van der Waals surface area (Å²) in [6, 6.07) is 9.90. The molecule has 0 aliphatic heterocycles. The number of hydrogen-bond donors (Lipinski definition) is 2. The van der Waals surface area contributed by atoms with Gasteiger partial charge in [-0.25, -0.2) is 0 Å². The van der Waals surface area contributed by atoms with Gasteiger partial charge in [0.25, 0.3) is 5.91 Å². The van der Waals surface area contributed by atoms with Crippen LogP contribution in [0, 0.1) is 0 Å². The molecule has 0 radical (unpaired) electrons. The second kappa shape index (κ2) is 6.68. The number of nitrogens with one attached hydrogen (secondary N) is 1. The van der Waals surface area contributed by atoms with Gasteiger partial charge in [-0.2, -0.15) is 0 Å². The molecule has 1 saturated carbocycles. The zero-order chi connectivity index (χ0) is 13.6. The first kappa shape index (κ1) is 14.0. The Kier molecular flexibility index (Phi) is 4.93. The molecule has 0 atom stereocenters. The summed E-state index contributed by atoms with van der Waals surface area (Å²) in [4.78, 5) is 11.8. The number of ether oxygens (including phenoxy) is 1. The molecular formula is C15H21NO3. The zero-order valence-electron chi connectivity index (χ0n) is 11.1. The second-order valence-corrected chi connectivity index (χ2v) is 5.03. The number of rotatable bonds is 6. The lowest BCUT2D eigenvalue weighted by Gasteiger charge is -2.20. The van der Waals surface area contributed by atoms with Crippen LogP contribution >= 0.6 is 0 Å². The summed E-state index contributed by atoms with van der Waals surface area (Å²) in [6.45, 7) is 1.44. The van der Waals surface area contributed by atoms with E-state index in [1.54, 1.807) is 0 Å². The smallest absolute Gasteiger partial charge is 0.252 e. The van der Waals surface area contributed by atoms with Gasteiger partial charge in [-0.15, -0.1) is 0 Å². The maximum atomic E-state index is 11.8. The van der Waals surface area contributed by atoms with Crippen molar-refractivity contribution in [3.63, 3.8) is 0 Å². The average Bonchev–Trinajstić information content (AvgIpc) is 2.88. The third kappa shape index (κ3) is 4.04. The van der Waals surface area contributed by atoms with Gasteiger partial charge in [0.2, 0.25) is 0 Å². The van der Waals surface area contributed by atoms with Crippen molar-refractivity contribution >= 4 is 5.91 Å². The fourth-order valence-electron chi connectivity index (χ4n) is 2.35. The minimum Gasteiger partial charge on any atom is -0.380 e. The van der Waals surface area contributed by atoms with Crippen molar-refractivity contribution in [1.29, 1.82) is 0 Å². The number of carbonyl (C=O) groups is 1. The van der Waals surface area contributed by atoms with Crippen molar-refractivity contribution in [3.05, 3.63) is 35.9 Å². The van der Waals surface area contributed by atoms with Crippen LogP contribution in [0.1, 0.15) is 31.2 Å². The van der Waals surface area contributed by atoms with E-state index >= 15 is 0 Å². The van der Waals surface area contributed by atoms with Gasteiger partial charge in [0.15, 0.2) is 0 Å². The minimum atomic E-state index is -1.14. The van der Waals surface area contributed by atoms with Crippen LogP contribution in [-0.4, -0.2) is 29.8 Å². The first-order valence-corrected chi connectivity index (χ1v) is 6.83. The van der Waals surface area contributed by atoms with Gasteiger partial charge in [0.05, 0.1) is 13.2 Å². The number of amides is 1. The highest BCUT2D eigenvalue weighted by Gasteiger charge is 2.38. The topological polar surface area (TPSA) is 58.6 Å². The summed E-state index contributed by atoms with van der Waals surface area (Å²) >= 11 is 0. The fraction of sp³-hybridized carbons (Fsp3) is 0.533. The molecule has 4 heteroatoms. The Morgan fingerprint density at radius 3 is 2.63 bits per heavy atom. The largest absolute Gasteiger partial charge is 0.380 e. The Balaban J connectivity index is 1.60. The van der Waals surface area contributed by atoms with E-state index in [0.717, 1.165) is 18.4 Å². The van der Waals surface area contributed by atoms with Crippen LogP contribution < -0.4 is 5.32 Å². The lowest BCUT2D eigenvalue weighted by molar-refractivity contribution is -0.139. The molecule has 0 unspecified atom stereocenters. The molecule has 2 rings (SSSR count). The highest BCUT2D eigenvalue weighted by Crippen LogP contribution is 2.29. The molecule has 0 aromatic heterocycles. The molecule has 1 aromatic rings. The second-order valence-electron chi connectivity index (χ2n) is 5.03. The molecule has 104 valence electrons. The van der Waals surface area contributed by atoms with E-state index < -0.39 is 5.60 Å². The molecule has 2 N–H and O–H groups in total. The van der Waals surface area contributed by atoms with Crippen LogP contribution in [0.5, 0.6) is 0 Å². The Labute approximate surface area is 113 Å². The highest BCUT2D eigenvalue weighted by atomic mass is 16.5. The Morgan fingerprint density at radius 1 is 1.26 bits per heavy atom. The maximum absolute atomic E-state index is 11.8. The summed E-state index contributed by atoms with van der Waals surface area (Å²) < 4.78 is 5.47. The molecule has 19 heavy (non-hydrogen) atoms. The van der Waals surface area contributed by atoms with Gasteiger partial charge in [0.1, 0.15) is 5.60 Å². The van der Waals surface area contributed by atoms with Crippen LogP contribution in [0.2, 0.25) is 0 Å². The van der Waals surface area contributed by atoms with Crippen LogP contribution in [0.25, 0.3) is 0 Å². The third-order valence-electron chi connectivity index (χ3n) is 3.50. The molecule has 1 aromatic carbocycles.